The molecule has 0 bridgehead atoms. The lowest BCUT2D eigenvalue weighted by atomic mass is 10.1. The molecule has 0 spiro atoms. The van der Waals surface area contributed by atoms with Crippen LogP contribution in [0.5, 0.6) is 23.0 Å². The number of carbonyl (C=O) groups excluding carboxylic acids is 1. The van der Waals surface area contributed by atoms with Crippen molar-refractivity contribution in [1.82, 2.24) is 4.90 Å². The molecule has 0 radical (unpaired) electrons. The minimum absolute atomic E-state index is 0.0649. The Balaban J connectivity index is 1.42. The van der Waals surface area contributed by atoms with E-state index in [0.29, 0.717) is 26.2 Å². The number of fused-ring (bicyclic) bond motifs is 1. The molecule has 3 aromatic carbocycles. The van der Waals surface area contributed by atoms with Crippen molar-refractivity contribution in [1.29, 1.82) is 0 Å². The molecule has 1 N–H and O–H groups in total. The molecule has 12 heteroatoms. The molecule has 0 unspecified atom stereocenters. The van der Waals surface area contributed by atoms with Crippen molar-refractivity contribution in [3.8, 4) is 23.0 Å². The first-order chi connectivity index (χ1) is 20.6. The van der Waals surface area contributed by atoms with E-state index >= 15 is 0 Å². The smallest absolute Gasteiger partial charge is 0.453 e. The quantitative estimate of drug-likeness (QED) is 0.252. The van der Waals surface area contributed by atoms with Crippen molar-refractivity contribution < 1.29 is 41.7 Å². The molecule has 2 heterocycles. The van der Waals surface area contributed by atoms with E-state index in [0.717, 1.165) is 11.4 Å². The molecule has 1 saturated heterocycles. The first-order valence-corrected chi connectivity index (χ1v) is 13.5. The van der Waals surface area contributed by atoms with Gasteiger partial charge in [-0.15, -0.1) is 0 Å². The Bertz CT molecular complexity index is 1660. The fourth-order valence-electron chi connectivity index (χ4n) is 4.89. The van der Waals surface area contributed by atoms with E-state index in [1.807, 2.05) is 29.2 Å². The number of aromatic hydroxyl groups is 1. The van der Waals surface area contributed by atoms with Crippen LogP contribution in [-0.2, 0) is 17.5 Å². The van der Waals surface area contributed by atoms with Gasteiger partial charge in [0, 0.05) is 38.4 Å². The summed E-state index contributed by atoms with van der Waals surface area (Å²) in [6.45, 7) is 4.26. The van der Waals surface area contributed by atoms with Gasteiger partial charge in [0.05, 0.1) is 30.2 Å². The first-order valence-electron chi connectivity index (χ1n) is 13.5. The van der Waals surface area contributed by atoms with Crippen LogP contribution in [0, 0.1) is 0 Å². The van der Waals surface area contributed by atoms with Crippen molar-refractivity contribution in [3.05, 3.63) is 87.8 Å². The minimum Gasteiger partial charge on any atom is -0.507 e. The molecule has 1 aliphatic rings. The Morgan fingerprint density at radius 3 is 2.21 bits per heavy atom. The van der Waals surface area contributed by atoms with E-state index in [1.165, 1.54) is 36.4 Å². The van der Waals surface area contributed by atoms with E-state index in [2.05, 4.69) is 4.90 Å². The van der Waals surface area contributed by atoms with Crippen LogP contribution in [0.2, 0.25) is 0 Å². The number of esters is 1. The average Bonchev–Trinajstić information content (AvgIpc) is 3.00. The summed E-state index contributed by atoms with van der Waals surface area (Å²) in [5.74, 6) is -2.94. The lowest BCUT2D eigenvalue weighted by Gasteiger charge is -2.36. The zero-order valence-corrected chi connectivity index (χ0v) is 23.4. The van der Waals surface area contributed by atoms with Gasteiger partial charge in [0.1, 0.15) is 22.8 Å². The summed E-state index contributed by atoms with van der Waals surface area (Å²) < 4.78 is 63.4. The van der Waals surface area contributed by atoms with Crippen molar-refractivity contribution in [3.63, 3.8) is 0 Å². The summed E-state index contributed by atoms with van der Waals surface area (Å²) in [5, 5.41) is 10.5. The number of alkyl halides is 3. The van der Waals surface area contributed by atoms with Gasteiger partial charge < -0.3 is 28.6 Å². The van der Waals surface area contributed by atoms with E-state index in [4.69, 9.17) is 18.6 Å². The number of phenolic OH excluding ortho intramolecular Hbond substituents is 1. The maximum atomic E-state index is 14.2. The molecule has 43 heavy (non-hydrogen) atoms. The summed E-state index contributed by atoms with van der Waals surface area (Å²) in [5.41, 5.74) is -0.157. The molecule has 1 aliphatic heterocycles. The topological polar surface area (TPSA) is 102 Å². The summed E-state index contributed by atoms with van der Waals surface area (Å²) in [7, 11) is 1.59. The van der Waals surface area contributed by atoms with Crippen molar-refractivity contribution >= 4 is 22.6 Å². The Labute approximate surface area is 244 Å². The van der Waals surface area contributed by atoms with Gasteiger partial charge in [0.15, 0.2) is 0 Å². The predicted octanol–water partition coefficient (Wildman–Crippen LogP) is 5.82. The second-order valence-electron chi connectivity index (χ2n) is 9.84. The van der Waals surface area contributed by atoms with Gasteiger partial charge in [0.2, 0.25) is 11.2 Å². The number of benzene rings is 3. The Morgan fingerprint density at radius 1 is 0.953 bits per heavy atom. The van der Waals surface area contributed by atoms with Gasteiger partial charge >= 0.3 is 12.1 Å². The maximum absolute atomic E-state index is 14.2. The maximum Gasteiger partial charge on any atom is 0.453 e. The van der Waals surface area contributed by atoms with Crippen molar-refractivity contribution in [2.45, 2.75) is 19.6 Å². The zero-order chi connectivity index (χ0) is 30.7. The van der Waals surface area contributed by atoms with Gasteiger partial charge in [-0.3, -0.25) is 9.69 Å². The lowest BCUT2D eigenvalue weighted by Crippen LogP contribution is -2.46. The fourth-order valence-corrected chi connectivity index (χ4v) is 4.89. The fraction of sp³-hybridized carbons (Fsp3) is 0.290. The second-order valence-corrected chi connectivity index (χ2v) is 9.84. The van der Waals surface area contributed by atoms with Crippen LogP contribution in [0.1, 0.15) is 28.6 Å². The highest BCUT2D eigenvalue weighted by molar-refractivity contribution is 5.89. The summed E-state index contributed by atoms with van der Waals surface area (Å²) >= 11 is 0. The molecule has 0 amide bonds. The average molecular weight is 599 g/mol. The Morgan fingerprint density at radius 2 is 1.60 bits per heavy atom. The van der Waals surface area contributed by atoms with Gasteiger partial charge in [-0.05, 0) is 67.6 Å². The van der Waals surface area contributed by atoms with Gasteiger partial charge in [-0.25, -0.2) is 4.79 Å². The summed E-state index contributed by atoms with van der Waals surface area (Å²) in [6.07, 6.45) is -5.08. The molecule has 0 atom stereocenters. The van der Waals surface area contributed by atoms with E-state index in [-0.39, 0.29) is 46.7 Å². The summed E-state index contributed by atoms with van der Waals surface area (Å²) in [4.78, 5) is 29.4. The van der Waals surface area contributed by atoms with Crippen LogP contribution in [0.3, 0.4) is 0 Å². The third-order valence-electron chi connectivity index (χ3n) is 7.13. The van der Waals surface area contributed by atoms with Gasteiger partial charge in [-0.1, -0.05) is 0 Å². The molecule has 0 saturated carbocycles. The molecule has 1 fully saturated rings. The van der Waals surface area contributed by atoms with Gasteiger partial charge in [0.25, 0.3) is 5.76 Å². The highest BCUT2D eigenvalue weighted by Gasteiger charge is 2.41. The number of rotatable bonds is 8. The van der Waals surface area contributed by atoms with E-state index in [1.54, 1.807) is 14.0 Å². The summed E-state index contributed by atoms with van der Waals surface area (Å²) in [6, 6.07) is 15.2. The SMILES string of the molecule is CCOC(=O)c1ccc(Oc2c(C(F)(F)F)oc3c(CN4CCN(c5ccc(OC)cc5)CC4)c(O)ccc3c2=O)cc1. The number of ether oxygens (including phenoxy) is 3. The molecule has 4 aromatic rings. The van der Waals surface area contributed by atoms with Crippen molar-refractivity contribution in [2.75, 3.05) is 44.8 Å². The second kappa shape index (κ2) is 12.3. The number of nitrogens with zero attached hydrogens (tertiary/aromatic N) is 2. The normalized spacial score (nSPS) is 14.1. The number of anilines is 1. The number of carbonyl (C=O) groups is 1. The minimum atomic E-state index is -5.08. The standard InChI is InChI=1S/C31H29F3N2O7/c1-3-41-30(39)19-4-8-22(9-5-19)42-28-26(38)23-12-13-25(37)24(27(23)43-29(28)31(32,33)34)18-35-14-16-36(17-15-35)20-6-10-21(40-2)11-7-20/h4-13,37H,3,14-18H2,1-2H3. The number of halogens is 3. The molecule has 9 nitrogen and oxygen atoms in total. The van der Waals surface area contributed by atoms with E-state index in [9.17, 15) is 27.9 Å². The number of phenols is 1. The molecule has 0 aliphatic carbocycles. The third-order valence-corrected chi connectivity index (χ3v) is 7.13. The third kappa shape index (κ3) is 6.38. The highest BCUT2D eigenvalue weighted by Crippen LogP contribution is 2.40. The number of methoxy groups -OCH3 is 1. The van der Waals surface area contributed by atoms with Gasteiger partial charge in [-0.2, -0.15) is 13.2 Å². The monoisotopic (exact) mass is 598 g/mol. The van der Waals surface area contributed by atoms with Crippen LogP contribution < -0.4 is 19.8 Å². The number of hydrogen-bond acceptors (Lipinski definition) is 9. The number of hydrogen-bond donors (Lipinski definition) is 1. The largest absolute Gasteiger partial charge is 0.507 e. The van der Waals surface area contributed by atoms with Crippen molar-refractivity contribution in [2.24, 2.45) is 0 Å². The highest BCUT2D eigenvalue weighted by atomic mass is 19.4. The Hall–Kier alpha value is -4.71. The lowest BCUT2D eigenvalue weighted by molar-refractivity contribution is -0.154. The molecule has 5 rings (SSSR count). The van der Waals surface area contributed by atoms with Crippen LogP contribution in [0.4, 0.5) is 18.9 Å². The predicted molar refractivity (Wildman–Crippen MR) is 152 cm³/mol. The molecule has 226 valence electrons. The van der Waals surface area contributed by atoms with Crippen LogP contribution in [-0.4, -0.2) is 55.9 Å². The van der Waals surface area contributed by atoms with Crippen LogP contribution >= 0.6 is 0 Å². The number of piperazine rings is 1. The first kappa shape index (κ1) is 29.8. The zero-order valence-electron chi connectivity index (χ0n) is 23.4. The molecular formula is C31H29F3N2O7. The molecular weight excluding hydrogens is 569 g/mol. The van der Waals surface area contributed by atoms with E-state index < -0.39 is 29.1 Å². The Kier molecular flexibility index (Phi) is 8.49. The van der Waals surface area contributed by atoms with Crippen LogP contribution in [0.15, 0.2) is 69.9 Å². The molecule has 1 aromatic heterocycles. The van der Waals surface area contributed by atoms with Crippen LogP contribution in [0.25, 0.3) is 11.0 Å².